The molecule has 2 aromatic carbocycles. The zero-order chi connectivity index (χ0) is 20.7. The molecule has 2 rings (SSSR count). The number of ether oxygens (including phenoxy) is 2. The predicted octanol–water partition coefficient (Wildman–Crippen LogP) is 3.97. The van der Waals surface area contributed by atoms with E-state index in [2.05, 4.69) is 10.5 Å². The third-order valence-corrected chi connectivity index (χ3v) is 3.40. The van der Waals surface area contributed by atoms with Gasteiger partial charge in [0.05, 0.1) is 23.8 Å². The van der Waals surface area contributed by atoms with Crippen molar-refractivity contribution in [3.8, 4) is 17.6 Å². The van der Waals surface area contributed by atoms with Crippen LogP contribution in [0.1, 0.15) is 11.1 Å². The van der Waals surface area contributed by atoms with E-state index in [1.807, 2.05) is 6.07 Å². The summed E-state index contributed by atoms with van der Waals surface area (Å²) < 4.78 is 48.4. The zero-order valence-corrected chi connectivity index (χ0v) is 14.4. The summed E-state index contributed by atoms with van der Waals surface area (Å²) in [6, 6.07) is 8.57. The highest BCUT2D eigenvalue weighted by Gasteiger charge is 2.33. The molecule has 11 heteroatoms. The Balaban J connectivity index is 2.20. The second-order valence-corrected chi connectivity index (χ2v) is 5.21. The summed E-state index contributed by atoms with van der Waals surface area (Å²) in [4.78, 5) is 10.1. The number of nitrogens with zero attached hydrogens (tertiary/aromatic N) is 3. The average molecular weight is 394 g/mol. The van der Waals surface area contributed by atoms with Gasteiger partial charge in [0.15, 0.2) is 18.1 Å². The van der Waals surface area contributed by atoms with Gasteiger partial charge in [-0.25, -0.2) is 0 Å². The SMILES string of the molecule is COc1cc(/C=N/Nc2ccc(C(F)(F)F)cc2[N+](=O)[O-])ccc1OCC#N. The van der Waals surface area contributed by atoms with Crippen LogP contribution in [0.15, 0.2) is 41.5 Å². The molecule has 0 unspecified atom stereocenters. The lowest BCUT2D eigenvalue weighted by atomic mass is 10.1. The van der Waals surface area contributed by atoms with Gasteiger partial charge in [-0.05, 0) is 35.9 Å². The fourth-order valence-electron chi connectivity index (χ4n) is 2.12. The molecule has 28 heavy (non-hydrogen) atoms. The molecule has 0 aliphatic carbocycles. The third-order valence-electron chi connectivity index (χ3n) is 3.40. The number of hydrogen-bond donors (Lipinski definition) is 1. The highest BCUT2D eigenvalue weighted by molar-refractivity contribution is 5.82. The largest absolute Gasteiger partial charge is 0.493 e. The number of methoxy groups -OCH3 is 1. The maximum absolute atomic E-state index is 12.7. The van der Waals surface area contributed by atoms with E-state index in [0.29, 0.717) is 23.1 Å². The van der Waals surface area contributed by atoms with Crippen LogP contribution in [0.3, 0.4) is 0 Å². The molecule has 0 fully saturated rings. The summed E-state index contributed by atoms with van der Waals surface area (Å²) in [7, 11) is 1.40. The van der Waals surface area contributed by atoms with Crippen LogP contribution < -0.4 is 14.9 Å². The fraction of sp³-hybridized carbons (Fsp3) is 0.176. The van der Waals surface area contributed by atoms with E-state index in [-0.39, 0.29) is 12.3 Å². The monoisotopic (exact) mass is 394 g/mol. The minimum absolute atomic E-state index is 0.164. The first-order valence-electron chi connectivity index (χ1n) is 7.58. The standard InChI is InChI=1S/C17H13F3N4O4/c1-27-16-8-11(2-5-15(16)28-7-6-21)10-22-23-13-4-3-12(17(18,19)20)9-14(13)24(25)26/h2-5,8-10,23H,7H2,1H3/b22-10+. The molecule has 0 bridgehead atoms. The molecule has 0 amide bonds. The van der Waals surface area contributed by atoms with Crippen LogP contribution >= 0.6 is 0 Å². The number of alkyl halides is 3. The quantitative estimate of drug-likeness (QED) is 0.432. The van der Waals surface area contributed by atoms with Gasteiger partial charge in [0.2, 0.25) is 0 Å². The van der Waals surface area contributed by atoms with Gasteiger partial charge in [-0.2, -0.15) is 23.5 Å². The number of hydrogen-bond acceptors (Lipinski definition) is 7. The van der Waals surface area contributed by atoms with Crippen molar-refractivity contribution in [3.05, 3.63) is 57.6 Å². The number of anilines is 1. The van der Waals surface area contributed by atoms with E-state index in [9.17, 15) is 23.3 Å². The molecule has 0 aliphatic rings. The van der Waals surface area contributed by atoms with E-state index in [4.69, 9.17) is 14.7 Å². The summed E-state index contributed by atoms with van der Waals surface area (Å²) in [5.41, 5.74) is 0.779. The lowest BCUT2D eigenvalue weighted by Gasteiger charge is -2.09. The molecule has 1 N–H and O–H groups in total. The van der Waals surface area contributed by atoms with Crippen molar-refractivity contribution in [1.29, 1.82) is 5.26 Å². The third kappa shape index (κ3) is 5.10. The molecule has 2 aromatic rings. The van der Waals surface area contributed by atoms with Gasteiger partial charge >= 0.3 is 6.18 Å². The van der Waals surface area contributed by atoms with Crippen LogP contribution in [-0.2, 0) is 6.18 Å². The molecule has 0 aromatic heterocycles. The Morgan fingerprint density at radius 3 is 2.64 bits per heavy atom. The number of nitro benzene ring substituents is 1. The lowest BCUT2D eigenvalue weighted by Crippen LogP contribution is -2.06. The Morgan fingerprint density at radius 1 is 1.29 bits per heavy atom. The minimum atomic E-state index is -4.70. The summed E-state index contributed by atoms with van der Waals surface area (Å²) in [5.74, 6) is 0.673. The van der Waals surface area contributed by atoms with Crippen LogP contribution in [0.25, 0.3) is 0 Å². The Hall–Kier alpha value is -3.81. The Morgan fingerprint density at radius 2 is 2.04 bits per heavy atom. The van der Waals surface area contributed by atoms with Gasteiger partial charge in [0, 0.05) is 6.07 Å². The van der Waals surface area contributed by atoms with E-state index >= 15 is 0 Å². The van der Waals surface area contributed by atoms with Crippen LogP contribution in [0.4, 0.5) is 24.5 Å². The summed E-state index contributed by atoms with van der Waals surface area (Å²) in [6.07, 6.45) is -3.41. The highest BCUT2D eigenvalue weighted by atomic mass is 19.4. The Bertz CT molecular complexity index is 939. The molecule has 0 aliphatic heterocycles. The van der Waals surface area contributed by atoms with Crippen molar-refractivity contribution in [2.75, 3.05) is 19.1 Å². The van der Waals surface area contributed by atoms with E-state index in [1.165, 1.54) is 19.4 Å². The van der Waals surface area contributed by atoms with Crippen LogP contribution in [-0.4, -0.2) is 24.9 Å². The number of benzene rings is 2. The summed E-state index contributed by atoms with van der Waals surface area (Å²) in [6.45, 7) is -0.164. The maximum atomic E-state index is 12.7. The molecule has 146 valence electrons. The molecule has 8 nitrogen and oxygen atoms in total. The molecule has 0 radical (unpaired) electrons. The number of nitriles is 1. The lowest BCUT2D eigenvalue weighted by molar-refractivity contribution is -0.384. The molecular weight excluding hydrogens is 381 g/mol. The molecule has 0 saturated heterocycles. The van der Waals surface area contributed by atoms with E-state index in [1.54, 1.807) is 12.1 Å². The first-order chi connectivity index (χ1) is 13.3. The summed E-state index contributed by atoms with van der Waals surface area (Å²) >= 11 is 0. The van der Waals surface area contributed by atoms with Crippen molar-refractivity contribution in [1.82, 2.24) is 0 Å². The van der Waals surface area contributed by atoms with Crippen molar-refractivity contribution in [2.45, 2.75) is 6.18 Å². The summed E-state index contributed by atoms with van der Waals surface area (Å²) in [5, 5.41) is 23.4. The Kier molecular flexibility index (Phi) is 6.38. The van der Waals surface area contributed by atoms with Crippen molar-refractivity contribution in [3.63, 3.8) is 0 Å². The number of nitro groups is 1. The van der Waals surface area contributed by atoms with E-state index < -0.39 is 22.4 Å². The first-order valence-corrected chi connectivity index (χ1v) is 7.58. The first kappa shape index (κ1) is 20.5. The second-order valence-electron chi connectivity index (χ2n) is 5.21. The topological polar surface area (TPSA) is 110 Å². The number of halogens is 3. The van der Waals surface area contributed by atoms with Crippen LogP contribution in [0, 0.1) is 21.4 Å². The normalized spacial score (nSPS) is 11.1. The highest BCUT2D eigenvalue weighted by Crippen LogP contribution is 2.35. The van der Waals surface area contributed by atoms with Gasteiger partial charge in [-0.3, -0.25) is 15.5 Å². The van der Waals surface area contributed by atoms with Crippen molar-refractivity contribution >= 4 is 17.6 Å². The molecule has 0 atom stereocenters. The molecule has 0 heterocycles. The number of hydrazone groups is 1. The predicted molar refractivity (Wildman–Crippen MR) is 93.4 cm³/mol. The second kappa shape index (κ2) is 8.72. The van der Waals surface area contributed by atoms with Gasteiger partial charge in [0.25, 0.3) is 5.69 Å². The van der Waals surface area contributed by atoms with Gasteiger partial charge < -0.3 is 9.47 Å². The number of nitrogens with one attached hydrogen (secondary N) is 1. The Labute approximate surface area is 156 Å². The van der Waals surface area contributed by atoms with Crippen LogP contribution in [0.5, 0.6) is 11.5 Å². The number of rotatable bonds is 7. The van der Waals surface area contributed by atoms with Crippen molar-refractivity contribution < 1.29 is 27.6 Å². The minimum Gasteiger partial charge on any atom is -0.493 e. The van der Waals surface area contributed by atoms with Gasteiger partial charge in [-0.1, -0.05) is 0 Å². The zero-order valence-electron chi connectivity index (χ0n) is 14.4. The van der Waals surface area contributed by atoms with Gasteiger partial charge in [-0.15, -0.1) is 0 Å². The maximum Gasteiger partial charge on any atom is 0.416 e. The van der Waals surface area contributed by atoms with E-state index in [0.717, 1.165) is 12.1 Å². The van der Waals surface area contributed by atoms with Crippen LogP contribution in [0.2, 0.25) is 0 Å². The average Bonchev–Trinajstić information content (AvgIpc) is 2.65. The smallest absolute Gasteiger partial charge is 0.416 e. The van der Waals surface area contributed by atoms with Crippen molar-refractivity contribution in [2.24, 2.45) is 5.10 Å². The molecular formula is C17H13F3N4O4. The fourth-order valence-corrected chi connectivity index (χ4v) is 2.12. The molecule has 0 spiro atoms. The van der Waals surface area contributed by atoms with Gasteiger partial charge in [0.1, 0.15) is 11.8 Å². The molecule has 0 saturated carbocycles.